The Kier molecular flexibility index (Phi) is 8.67. The van der Waals surface area contributed by atoms with Crippen LogP contribution in [0, 0.1) is 11.8 Å². The molecule has 27 heavy (non-hydrogen) atoms. The van der Waals surface area contributed by atoms with Crippen LogP contribution in [0.15, 0.2) is 24.3 Å². The van der Waals surface area contributed by atoms with E-state index in [1.165, 1.54) is 75.3 Å². The summed E-state index contributed by atoms with van der Waals surface area (Å²) >= 11 is 0. The van der Waals surface area contributed by atoms with E-state index < -0.39 is 0 Å². The second kappa shape index (κ2) is 11.2. The number of rotatable bonds is 9. The molecule has 0 spiro atoms. The molecule has 0 unspecified atom stereocenters. The molecule has 0 aromatic heterocycles. The van der Waals surface area contributed by atoms with Gasteiger partial charge in [-0.15, -0.1) is 0 Å². The van der Waals surface area contributed by atoms with Crippen molar-refractivity contribution in [3.63, 3.8) is 0 Å². The summed E-state index contributed by atoms with van der Waals surface area (Å²) in [6.45, 7) is 6.15. The first-order valence-electron chi connectivity index (χ1n) is 11.6. The van der Waals surface area contributed by atoms with Crippen LogP contribution in [0.25, 0.3) is 0 Å². The summed E-state index contributed by atoms with van der Waals surface area (Å²) in [5.74, 6) is 2.30. The highest BCUT2D eigenvalue weighted by molar-refractivity contribution is 5.26. The zero-order valence-electron chi connectivity index (χ0n) is 17.6. The Morgan fingerprint density at radius 1 is 0.741 bits per heavy atom. The Balaban J connectivity index is 1.40. The molecule has 1 aromatic rings. The van der Waals surface area contributed by atoms with Crippen molar-refractivity contribution in [1.82, 2.24) is 0 Å². The molecular weight excluding hydrogens is 332 g/mol. The molecule has 0 atom stereocenters. The lowest BCUT2D eigenvalue weighted by atomic mass is 9.77. The lowest BCUT2D eigenvalue weighted by Crippen LogP contribution is -2.26. The van der Waals surface area contributed by atoms with Crippen LogP contribution in [-0.4, -0.2) is 13.2 Å². The van der Waals surface area contributed by atoms with E-state index in [-0.39, 0.29) is 6.29 Å². The Morgan fingerprint density at radius 2 is 1.37 bits per heavy atom. The van der Waals surface area contributed by atoms with Gasteiger partial charge in [-0.2, -0.15) is 0 Å². The molecule has 2 nitrogen and oxygen atoms in total. The van der Waals surface area contributed by atoms with Gasteiger partial charge in [-0.3, -0.25) is 0 Å². The van der Waals surface area contributed by atoms with Gasteiger partial charge in [0.15, 0.2) is 6.29 Å². The fourth-order valence-corrected chi connectivity index (χ4v) is 4.72. The SMILES string of the molecule is CCCCCCCC1CCC(c2ccc([C@H]3OC[C@H](CC)CO3)cc2)CC1. The van der Waals surface area contributed by atoms with Gasteiger partial charge >= 0.3 is 0 Å². The van der Waals surface area contributed by atoms with Crippen LogP contribution in [-0.2, 0) is 9.47 Å². The van der Waals surface area contributed by atoms with Gasteiger partial charge in [0.25, 0.3) is 0 Å². The quantitative estimate of drug-likeness (QED) is 0.421. The van der Waals surface area contributed by atoms with E-state index in [0.29, 0.717) is 5.92 Å². The average Bonchev–Trinajstić information content (AvgIpc) is 2.74. The predicted molar refractivity (Wildman–Crippen MR) is 113 cm³/mol. The van der Waals surface area contributed by atoms with Gasteiger partial charge in [0.05, 0.1) is 13.2 Å². The largest absolute Gasteiger partial charge is 0.348 e. The Hall–Kier alpha value is -0.860. The summed E-state index contributed by atoms with van der Waals surface area (Å²) in [4.78, 5) is 0. The van der Waals surface area contributed by atoms with E-state index in [0.717, 1.165) is 31.5 Å². The van der Waals surface area contributed by atoms with Gasteiger partial charge in [0, 0.05) is 11.5 Å². The minimum absolute atomic E-state index is 0.162. The van der Waals surface area contributed by atoms with Crippen LogP contribution in [0.4, 0.5) is 0 Å². The molecule has 1 aromatic carbocycles. The van der Waals surface area contributed by atoms with Crippen molar-refractivity contribution in [3.8, 4) is 0 Å². The summed E-state index contributed by atoms with van der Waals surface area (Å²) in [7, 11) is 0. The third-order valence-corrected chi connectivity index (χ3v) is 6.79. The van der Waals surface area contributed by atoms with Crippen LogP contribution < -0.4 is 0 Å². The number of hydrogen-bond donors (Lipinski definition) is 0. The van der Waals surface area contributed by atoms with Crippen molar-refractivity contribution >= 4 is 0 Å². The van der Waals surface area contributed by atoms with Gasteiger partial charge in [-0.05, 0) is 49.5 Å². The molecule has 0 radical (unpaired) electrons. The van der Waals surface area contributed by atoms with E-state index in [2.05, 4.69) is 38.1 Å². The maximum atomic E-state index is 5.91. The summed E-state index contributed by atoms with van der Waals surface area (Å²) in [6.07, 6.45) is 15.1. The number of benzene rings is 1. The molecule has 2 aliphatic rings. The summed E-state index contributed by atoms with van der Waals surface area (Å²) in [6, 6.07) is 9.10. The lowest BCUT2D eigenvalue weighted by Gasteiger charge is -2.30. The lowest BCUT2D eigenvalue weighted by molar-refractivity contribution is -0.205. The van der Waals surface area contributed by atoms with Gasteiger partial charge in [-0.1, -0.05) is 76.6 Å². The Labute approximate surface area is 167 Å². The maximum Gasteiger partial charge on any atom is 0.183 e. The van der Waals surface area contributed by atoms with E-state index in [4.69, 9.17) is 9.47 Å². The Morgan fingerprint density at radius 3 is 2.00 bits per heavy atom. The van der Waals surface area contributed by atoms with Crippen LogP contribution >= 0.6 is 0 Å². The topological polar surface area (TPSA) is 18.5 Å². The number of hydrogen-bond acceptors (Lipinski definition) is 2. The van der Waals surface area contributed by atoms with Crippen molar-refractivity contribution in [2.45, 2.75) is 96.7 Å². The third kappa shape index (κ3) is 6.32. The van der Waals surface area contributed by atoms with E-state index in [1.807, 2.05) is 0 Å². The van der Waals surface area contributed by atoms with Crippen molar-refractivity contribution in [1.29, 1.82) is 0 Å². The van der Waals surface area contributed by atoms with Crippen LogP contribution in [0.1, 0.15) is 108 Å². The molecule has 152 valence electrons. The molecule has 0 bridgehead atoms. The predicted octanol–water partition coefficient (Wildman–Crippen LogP) is 7.39. The fraction of sp³-hybridized carbons (Fsp3) is 0.760. The van der Waals surface area contributed by atoms with Crippen LogP contribution in [0.2, 0.25) is 0 Å². The molecule has 0 amide bonds. The fourth-order valence-electron chi connectivity index (χ4n) is 4.72. The van der Waals surface area contributed by atoms with Gasteiger partial charge < -0.3 is 9.47 Å². The number of ether oxygens (including phenoxy) is 2. The minimum Gasteiger partial charge on any atom is -0.348 e. The van der Waals surface area contributed by atoms with Crippen molar-refractivity contribution in [2.24, 2.45) is 11.8 Å². The summed E-state index contributed by atoms with van der Waals surface area (Å²) in [5.41, 5.74) is 2.69. The first-order chi connectivity index (χ1) is 13.3. The van der Waals surface area contributed by atoms with Crippen LogP contribution in [0.3, 0.4) is 0 Å². The molecule has 1 saturated carbocycles. The molecule has 2 fully saturated rings. The van der Waals surface area contributed by atoms with Crippen molar-refractivity contribution in [3.05, 3.63) is 35.4 Å². The first kappa shape index (κ1) is 20.9. The zero-order valence-corrected chi connectivity index (χ0v) is 17.6. The Bertz CT molecular complexity index is 508. The molecular formula is C25H40O2. The molecule has 1 heterocycles. The van der Waals surface area contributed by atoms with E-state index in [1.54, 1.807) is 0 Å². The van der Waals surface area contributed by atoms with Gasteiger partial charge in [0.1, 0.15) is 0 Å². The van der Waals surface area contributed by atoms with E-state index in [9.17, 15) is 0 Å². The van der Waals surface area contributed by atoms with Crippen LogP contribution in [0.5, 0.6) is 0 Å². The van der Waals surface area contributed by atoms with Gasteiger partial charge in [-0.25, -0.2) is 0 Å². The molecule has 1 saturated heterocycles. The second-order valence-corrected chi connectivity index (χ2v) is 8.86. The normalized spacial score (nSPS) is 29.0. The second-order valence-electron chi connectivity index (χ2n) is 8.86. The highest BCUT2D eigenvalue weighted by Crippen LogP contribution is 2.38. The standard InChI is InChI=1S/C25H40O2/c1-3-5-6-7-8-9-21-10-12-22(13-11-21)23-14-16-24(17-15-23)25-26-18-20(4-2)19-27-25/h14-17,20-22,25H,3-13,18-19H2,1-2H3/t20-,21?,22?,25-. The maximum absolute atomic E-state index is 5.91. The molecule has 1 aliphatic heterocycles. The molecule has 2 heteroatoms. The summed E-state index contributed by atoms with van der Waals surface area (Å²) < 4.78 is 11.8. The summed E-state index contributed by atoms with van der Waals surface area (Å²) in [5, 5.41) is 0. The zero-order chi connectivity index (χ0) is 18.9. The first-order valence-corrected chi connectivity index (χ1v) is 11.6. The minimum atomic E-state index is -0.162. The highest BCUT2D eigenvalue weighted by Gasteiger charge is 2.24. The smallest absolute Gasteiger partial charge is 0.183 e. The highest BCUT2D eigenvalue weighted by atomic mass is 16.7. The third-order valence-electron chi connectivity index (χ3n) is 6.79. The van der Waals surface area contributed by atoms with E-state index >= 15 is 0 Å². The molecule has 3 rings (SSSR count). The number of unbranched alkanes of at least 4 members (excludes halogenated alkanes) is 4. The monoisotopic (exact) mass is 372 g/mol. The van der Waals surface area contributed by atoms with Crippen molar-refractivity contribution < 1.29 is 9.47 Å². The average molecular weight is 373 g/mol. The molecule has 0 N–H and O–H groups in total. The van der Waals surface area contributed by atoms with Gasteiger partial charge in [0.2, 0.25) is 0 Å². The van der Waals surface area contributed by atoms with Crippen molar-refractivity contribution in [2.75, 3.05) is 13.2 Å². The molecule has 1 aliphatic carbocycles.